The molecule has 1 aromatic heterocycles. The topological polar surface area (TPSA) is 51.4 Å². The molecule has 0 saturated carbocycles. The Hall–Kier alpha value is -1.05. The third-order valence-corrected chi connectivity index (χ3v) is 3.33. The summed E-state index contributed by atoms with van der Waals surface area (Å²) >= 11 is 0. The van der Waals surface area contributed by atoms with Gasteiger partial charge in [-0.15, -0.1) is 12.4 Å². The van der Waals surface area contributed by atoms with Crippen molar-refractivity contribution in [1.29, 1.82) is 0 Å². The summed E-state index contributed by atoms with van der Waals surface area (Å²) in [4.78, 5) is 5.97. The van der Waals surface area contributed by atoms with E-state index in [1.807, 2.05) is 0 Å². The van der Waals surface area contributed by atoms with E-state index in [-0.39, 0.29) is 24.4 Å². The molecule has 1 aliphatic rings. The highest BCUT2D eigenvalue weighted by atomic mass is 35.5. The lowest BCUT2D eigenvalue weighted by Gasteiger charge is -2.31. The number of rotatable bonds is 4. The van der Waals surface area contributed by atoms with Crippen molar-refractivity contribution >= 4 is 12.4 Å². The molecule has 1 saturated heterocycles. The summed E-state index contributed by atoms with van der Waals surface area (Å²) in [6, 6.07) is 2.26. The lowest BCUT2D eigenvalue weighted by molar-refractivity contribution is -0.137. The quantitative estimate of drug-likeness (QED) is 0.923. The fourth-order valence-electron chi connectivity index (χ4n) is 2.22. The standard InChI is InChI=1S/C13H18F3N3O.ClH/c14-13(15,16)10-1-2-12(18-9-10)20-11-3-6-19(7-4-11)8-5-17;/h1-2,9,11H,3-8,17H2;1H. The van der Waals surface area contributed by atoms with Crippen molar-refractivity contribution in [3.8, 4) is 5.88 Å². The highest BCUT2D eigenvalue weighted by Gasteiger charge is 2.31. The average Bonchev–Trinajstić information content (AvgIpc) is 2.41. The Morgan fingerprint density at radius 2 is 1.95 bits per heavy atom. The van der Waals surface area contributed by atoms with Crippen LogP contribution in [-0.4, -0.2) is 42.2 Å². The molecule has 0 spiro atoms. The number of alkyl halides is 3. The van der Waals surface area contributed by atoms with E-state index in [0.29, 0.717) is 6.54 Å². The van der Waals surface area contributed by atoms with Gasteiger partial charge in [-0.3, -0.25) is 0 Å². The number of halogens is 4. The van der Waals surface area contributed by atoms with Crippen LogP contribution in [0.15, 0.2) is 18.3 Å². The zero-order valence-corrected chi connectivity index (χ0v) is 12.3. The van der Waals surface area contributed by atoms with Gasteiger partial charge < -0.3 is 15.4 Å². The summed E-state index contributed by atoms with van der Waals surface area (Å²) in [5, 5.41) is 0. The van der Waals surface area contributed by atoms with Gasteiger partial charge in [-0.05, 0) is 18.9 Å². The zero-order valence-electron chi connectivity index (χ0n) is 11.5. The van der Waals surface area contributed by atoms with E-state index in [0.717, 1.165) is 44.7 Å². The lowest BCUT2D eigenvalue weighted by atomic mass is 10.1. The number of nitrogens with two attached hydrogens (primary N) is 1. The van der Waals surface area contributed by atoms with Crippen molar-refractivity contribution in [3.05, 3.63) is 23.9 Å². The molecule has 0 radical (unpaired) electrons. The van der Waals surface area contributed by atoms with Gasteiger partial charge in [0.1, 0.15) is 6.10 Å². The summed E-state index contributed by atoms with van der Waals surface area (Å²) in [6.07, 6.45) is -1.88. The molecular formula is C13H19ClF3N3O. The van der Waals surface area contributed by atoms with Crippen LogP contribution in [0.1, 0.15) is 18.4 Å². The van der Waals surface area contributed by atoms with E-state index < -0.39 is 11.7 Å². The van der Waals surface area contributed by atoms with Crippen molar-refractivity contribution in [1.82, 2.24) is 9.88 Å². The van der Waals surface area contributed by atoms with E-state index in [1.54, 1.807) is 0 Å². The fraction of sp³-hybridized carbons (Fsp3) is 0.615. The Morgan fingerprint density at radius 3 is 2.43 bits per heavy atom. The predicted octanol–water partition coefficient (Wildman–Crippen LogP) is 2.32. The number of hydrogen-bond acceptors (Lipinski definition) is 4. The van der Waals surface area contributed by atoms with Gasteiger partial charge in [0, 0.05) is 38.4 Å². The summed E-state index contributed by atoms with van der Waals surface area (Å²) in [7, 11) is 0. The minimum Gasteiger partial charge on any atom is -0.474 e. The molecule has 0 atom stereocenters. The summed E-state index contributed by atoms with van der Waals surface area (Å²) < 4.78 is 42.8. The summed E-state index contributed by atoms with van der Waals surface area (Å²) in [5.74, 6) is 0.246. The van der Waals surface area contributed by atoms with E-state index >= 15 is 0 Å². The molecule has 2 rings (SSSR count). The van der Waals surface area contributed by atoms with Gasteiger partial charge in [-0.25, -0.2) is 4.98 Å². The number of aromatic nitrogens is 1. The van der Waals surface area contributed by atoms with Crippen molar-refractivity contribution < 1.29 is 17.9 Å². The average molecular weight is 326 g/mol. The molecule has 1 fully saturated rings. The van der Waals surface area contributed by atoms with Crippen LogP contribution in [0.4, 0.5) is 13.2 Å². The maximum atomic E-state index is 12.4. The largest absolute Gasteiger partial charge is 0.474 e. The van der Waals surface area contributed by atoms with Crippen LogP contribution in [0.3, 0.4) is 0 Å². The molecule has 1 aromatic rings. The Kier molecular flexibility index (Phi) is 6.70. The number of ether oxygens (including phenoxy) is 1. The van der Waals surface area contributed by atoms with Gasteiger partial charge in [0.15, 0.2) is 0 Å². The second kappa shape index (κ2) is 7.82. The van der Waals surface area contributed by atoms with Crippen LogP contribution in [0.2, 0.25) is 0 Å². The number of piperidine rings is 1. The molecular weight excluding hydrogens is 307 g/mol. The summed E-state index contributed by atoms with van der Waals surface area (Å²) in [5.41, 5.74) is 4.73. The fourth-order valence-corrected chi connectivity index (χ4v) is 2.22. The first-order chi connectivity index (χ1) is 9.49. The van der Waals surface area contributed by atoms with Crippen LogP contribution in [-0.2, 0) is 6.18 Å². The smallest absolute Gasteiger partial charge is 0.417 e. The predicted molar refractivity (Wildman–Crippen MR) is 75.6 cm³/mol. The molecule has 120 valence electrons. The molecule has 8 heteroatoms. The van der Waals surface area contributed by atoms with E-state index in [4.69, 9.17) is 10.5 Å². The van der Waals surface area contributed by atoms with E-state index in [9.17, 15) is 13.2 Å². The van der Waals surface area contributed by atoms with E-state index in [2.05, 4.69) is 9.88 Å². The van der Waals surface area contributed by atoms with Crippen LogP contribution < -0.4 is 10.5 Å². The molecule has 4 nitrogen and oxygen atoms in total. The first kappa shape index (κ1) is 18.0. The molecule has 0 amide bonds. The second-order valence-electron chi connectivity index (χ2n) is 4.83. The normalized spacial score (nSPS) is 17.3. The summed E-state index contributed by atoms with van der Waals surface area (Å²) in [6.45, 7) is 3.28. The Bertz CT molecular complexity index is 420. The number of nitrogens with zero attached hydrogens (tertiary/aromatic N) is 2. The minimum absolute atomic E-state index is 0. The van der Waals surface area contributed by atoms with Crippen LogP contribution in [0.5, 0.6) is 5.88 Å². The van der Waals surface area contributed by atoms with E-state index in [1.165, 1.54) is 6.07 Å². The van der Waals surface area contributed by atoms with Crippen LogP contribution >= 0.6 is 12.4 Å². The number of likely N-dealkylation sites (tertiary alicyclic amines) is 1. The van der Waals surface area contributed by atoms with Crippen molar-refractivity contribution in [2.24, 2.45) is 5.73 Å². The third kappa shape index (κ3) is 5.33. The number of hydrogen-bond donors (Lipinski definition) is 1. The molecule has 0 aromatic carbocycles. The maximum absolute atomic E-state index is 12.4. The van der Waals surface area contributed by atoms with Gasteiger partial charge in [0.05, 0.1) is 5.56 Å². The van der Waals surface area contributed by atoms with Crippen LogP contribution in [0.25, 0.3) is 0 Å². The van der Waals surface area contributed by atoms with Gasteiger partial charge in [-0.2, -0.15) is 13.2 Å². The SMILES string of the molecule is Cl.NCCN1CCC(Oc2ccc(C(F)(F)F)cn2)CC1. The molecule has 2 heterocycles. The van der Waals surface area contributed by atoms with Gasteiger partial charge in [0.25, 0.3) is 0 Å². The molecule has 2 N–H and O–H groups in total. The first-order valence-corrected chi connectivity index (χ1v) is 6.61. The zero-order chi connectivity index (χ0) is 14.6. The maximum Gasteiger partial charge on any atom is 0.417 e. The molecule has 21 heavy (non-hydrogen) atoms. The Morgan fingerprint density at radius 1 is 1.29 bits per heavy atom. The monoisotopic (exact) mass is 325 g/mol. The number of pyridine rings is 1. The van der Waals surface area contributed by atoms with Crippen LogP contribution in [0, 0.1) is 0 Å². The molecule has 0 aliphatic carbocycles. The van der Waals surface area contributed by atoms with Crippen molar-refractivity contribution in [2.75, 3.05) is 26.2 Å². The molecule has 0 unspecified atom stereocenters. The Balaban J connectivity index is 0.00000220. The second-order valence-corrected chi connectivity index (χ2v) is 4.83. The highest BCUT2D eigenvalue weighted by Crippen LogP contribution is 2.29. The van der Waals surface area contributed by atoms with Gasteiger partial charge in [0.2, 0.25) is 5.88 Å². The third-order valence-electron chi connectivity index (χ3n) is 3.33. The van der Waals surface area contributed by atoms with Crippen molar-refractivity contribution in [2.45, 2.75) is 25.1 Å². The van der Waals surface area contributed by atoms with Gasteiger partial charge >= 0.3 is 6.18 Å². The lowest BCUT2D eigenvalue weighted by Crippen LogP contribution is -2.40. The Labute approximate surface area is 127 Å². The van der Waals surface area contributed by atoms with Crippen molar-refractivity contribution in [3.63, 3.8) is 0 Å². The van der Waals surface area contributed by atoms with Gasteiger partial charge in [-0.1, -0.05) is 0 Å². The minimum atomic E-state index is -4.36. The highest BCUT2D eigenvalue weighted by molar-refractivity contribution is 5.85. The molecule has 0 bridgehead atoms. The first-order valence-electron chi connectivity index (χ1n) is 6.61. The molecule has 1 aliphatic heterocycles.